The number of hydrogen-bond donors (Lipinski definition) is 0. The summed E-state index contributed by atoms with van der Waals surface area (Å²) in [4.78, 5) is 7.80. The van der Waals surface area contributed by atoms with Crippen LogP contribution in [0.5, 0.6) is 0 Å². The molecule has 0 aliphatic rings. The zero-order valence-corrected chi connectivity index (χ0v) is 14.1. The molecule has 0 N–H and O–H groups in total. The number of hydrogen-bond acceptors (Lipinski definition) is 3. The molecule has 0 amide bonds. The van der Waals surface area contributed by atoms with Crippen LogP contribution in [0.25, 0.3) is 10.2 Å². The van der Waals surface area contributed by atoms with Gasteiger partial charge in [0.1, 0.15) is 0 Å². The number of pyridine rings is 1. The van der Waals surface area contributed by atoms with Crippen LogP contribution in [0.4, 0.5) is 0 Å². The monoisotopic (exact) mass is 369 g/mol. The molecule has 99 valence electrons. The van der Waals surface area contributed by atoms with Crippen LogP contribution in [0, 0.1) is 5.51 Å². The van der Waals surface area contributed by atoms with Crippen molar-refractivity contribution in [2.75, 3.05) is 0 Å². The maximum Gasteiger partial charge on any atom is 4.00 e. The van der Waals surface area contributed by atoms with E-state index in [9.17, 15) is 0 Å². The molecule has 0 bridgehead atoms. The fourth-order valence-electron chi connectivity index (χ4n) is 1.07. The Morgan fingerprint density at radius 3 is 1.95 bits per heavy atom. The summed E-state index contributed by atoms with van der Waals surface area (Å²) < 4.78 is 1.21. The van der Waals surface area contributed by atoms with Crippen LogP contribution < -0.4 is 37.2 Å². The molecule has 0 saturated carbocycles. The standard InChI is InChI=1S/C7H4NS.C5H5N.3ClH.V/c1-2-4-7-6(3-1)8-5-9-7;1-2-4-6-5-3-1;;;;/h1-4H;1-5H;3*1H;/q-1;;;;;+4/p-3. The summed E-state index contributed by atoms with van der Waals surface area (Å²) in [6.45, 7) is 0. The van der Waals surface area contributed by atoms with Gasteiger partial charge in [-0.2, -0.15) is 0 Å². The molecule has 0 aliphatic carbocycles. The Morgan fingerprint density at radius 1 is 0.842 bits per heavy atom. The summed E-state index contributed by atoms with van der Waals surface area (Å²) in [7, 11) is 0. The third kappa shape index (κ3) is 8.48. The third-order valence-corrected chi connectivity index (χ3v) is 2.50. The zero-order valence-electron chi connectivity index (χ0n) is 9.58. The van der Waals surface area contributed by atoms with Gasteiger partial charge in [0.25, 0.3) is 0 Å². The molecular weight excluding hydrogens is 362 g/mol. The van der Waals surface area contributed by atoms with Gasteiger partial charge in [-0.3, -0.25) is 16.3 Å². The SMILES string of the molecule is [Cl-].[Cl-].[Cl-].[V+4].[c-]1nc2ccccc2s1.c1ccncc1. The van der Waals surface area contributed by atoms with Gasteiger partial charge in [-0.1, -0.05) is 23.7 Å². The fraction of sp³-hybridized carbons (Fsp3) is 0. The third-order valence-electron chi connectivity index (χ3n) is 1.75. The van der Waals surface area contributed by atoms with Crippen molar-refractivity contribution in [3.8, 4) is 0 Å². The van der Waals surface area contributed by atoms with Crippen LogP contribution in [-0.2, 0) is 18.6 Å². The van der Waals surface area contributed by atoms with Crippen LogP contribution in [0.2, 0.25) is 0 Å². The summed E-state index contributed by atoms with van der Waals surface area (Å²) in [5.74, 6) is 0. The van der Waals surface area contributed by atoms with Crippen molar-refractivity contribution in [2.24, 2.45) is 0 Å². The Morgan fingerprint density at radius 2 is 1.47 bits per heavy atom. The summed E-state index contributed by atoms with van der Waals surface area (Å²) in [5, 5.41) is 0. The zero-order chi connectivity index (χ0) is 10.3. The number of halogens is 3. The van der Waals surface area contributed by atoms with Crippen molar-refractivity contribution in [2.45, 2.75) is 0 Å². The summed E-state index contributed by atoms with van der Waals surface area (Å²) >= 11 is 1.55. The molecule has 2 heterocycles. The summed E-state index contributed by atoms with van der Waals surface area (Å²) in [5.41, 5.74) is 3.87. The predicted octanol–water partition coefficient (Wildman–Crippen LogP) is -5.81. The first kappa shape index (κ1) is 23.8. The molecule has 3 aromatic rings. The predicted molar refractivity (Wildman–Crippen MR) is 62.7 cm³/mol. The summed E-state index contributed by atoms with van der Waals surface area (Å²) in [6, 6.07) is 13.7. The van der Waals surface area contributed by atoms with Gasteiger partial charge in [0.05, 0.1) is 0 Å². The average Bonchev–Trinajstić information content (AvgIpc) is 2.80. The number of nitrogens with zero attached hydrogens (tertiary/aromatic N) is 2. The van der Waals surface area contributed by atoms with Gasteiger partial charge in [0.15, 0.2) is 0 Å². The second-order valence-electron chi connectivity index (χ2n) is 2.80. The smallest absolute Gasteiger partial charge is 1.00 e. The van der Waals surface area contributed by atoms with E-state index in [2.05, 4.69) is 15.5 Å². The number of fused-ring (bicyclic) bond motifs is 1. The van der Waals surface area contributed by atoms with Crippen molar-refractivity contribution < 1.29 is 55.8 Å². The second-order valence-corrected chi connectivity index (χ2v) is 3.62. The molecule has 0 spiro atoms. The van der Waals surface area contributed by atoms with Gasteiger partial charge in [0, 0.05) is 12.4 Å². The normalized spacial score (nSPS) is 7.37. The average molecular weight is 371 g/mol. The minimum Gasteiger partial charge on any atom is -1.00 e. The van der Waals surface area contributed by atoms with Gasteiger partial charge in [-0.15, -0.1) is 16.8 Å². The molecule has 0 unspecified atom stereocenters. The van der Waals surface area contributed by atoms with E-state index in [4.69, 9.17) is 0 Å². The Hall–Kier alpha value is -0.286. The molecule has 0 fully saturated rings. The van der Waals surface area contributed by atoms with Gasteiger partial charge >= 0.3 is 18.6 Å². The molecule has 1 aromatic carbocycles. The molecule has 0 atom stereocenters. The first-order chi connectivity index (χ1) is 7.47. The van der Waals surface area contributed by atoms with Gasteiger partial charge in [-0.25, -0.2) is 0 Å². The second kappa shape index (κ2) is 14.1. The van der Waals surface area contributed by atoms with Crippen LogP contribution in [0.15, 0.2) is 54.9 Å². The van der Waals surface area contributed by atoms with E-state index in [1.807, 2.05) is 42.5 Å². The maximum absolute atomic E-state index is 4.01. The van der Waals surface area contributed by atoms with Crippen LogP contribution in [-0.4, -0.2) is 9.97 Å². The molecule has 2 nitrogen and oxygen atoms in total. The molecule has 0 saturated heterocycles. The van der Waals surface area contributed by atoms with Gasteiger partial charge < -0.3 is 42.2 Å². The number of aromatic nitrogens is 2. The van der Waals surface area contributed by atoms with Crippen molar-refractivity contribution in [3.05, 3.63) is 60.4 Å². The minimum atomic E-state index is 0. The maximum atomic E-state index is 4.01. The molecule has 0 aliphatic heterocycles. The van der Waals surface area contributed by atoms with E-state index < -0.39 is 0 Å². The van der Waals surface area contributed by atoms with E-state index in [0.29, 0.717) is 0 Å². The molecule has 1 radical (unpaired) electrons. The van der Waals surface area contributed by atoms with Crippen molar-refractivity contribution in [1.82, 2.24) is 9.97 Å². The molecule has 19 heavy (non-hydrogen) atoms. The first-order valence-corrected chi connectivity index (χ1v) is 5.35. The Kier molecular flexibility index (Phi) is 17.7. The topological polar surface area (TPSA) is 25.8 Å². The van der Waals surface area contributed by atoms with Gasteiger partial charge in [-0.05, 0) is 17.6 Å². The molecule has 3 rings (SSSR count). The molecular formula is C12H9Cl3N2SV. The number of thiazole rings is 1. The Bertz CT molecular complexity index is 465. The number of rotatable bonds is 0. The van der Waals surface area contributed by atoms with E-state index in [1.54, 1.807) is 23.7 Å². The van der Waals surface area contributed by atoms with Crippen LogP contribution in [0.1, 0.15) is 0 Å². The number of para-hydroxylation sites is 1. The van der Waals surface area contributed by atoms with E-state index in [1.165, 1.54) is 4.70 Å². The van der Waals surface area contributed by atoms with Crippen molar-refractivity contribution >= 4 is 21.6 Å². The van der Waals surface area contributed by atoms with E-state index in [-0.39, 0.29) is 55.8 Å². The van der Waals surface area contributed by atoms with E-state index in [0.717, 1.165) is 5.52 Å². The van der Waals surface area contributed by atoms with Crippen molar-refractivity contribution in [1.29, 1.82) is 0 Å². The van der Waals surface area contributed by atoms with Gasteiger partial charge in [0.2, 0.25) is 0 Å². The van der Waals surface area contributed by atoms with E-state index >= 15 is 0 Å². The minimum absolute atomic E-state index is 0. The first-order valence-electron chi connectivity index (χ1n) is 4.53. The van der Waals surface area contributed by atoms with Crippen LogP contribution in [0.3, 0.4) is 0 Å². The molecule has 7 heteroatoms. The Balaban J connectivity index is -0.000000234. The van der Waals surface area contributed by atoms with Crippen LogP contribution >= 0.6 is 11.3 Å². The fourth-order valence-corrected chi connectivity index (χ4v) is 1.68. The summed E-state index contributed by atoms with van der Waals surface area (Å²) in [6.07, 6.45) is 3.50. The molecule has 2 aromatic heterocycles. The largest absolute Gasteiger partial charge is 4.00 e. The number of benzene rings is 1. The van der Waals surface area contributed by atoms with Crippen molar-refractivity contribution in [3.63, 3.8) is 0 Å². The Labute approximate surface area is 147 Å². The quantitative estimate of drug-likeness (QED) is 0.369.